The van der Waals surface area contributed by atoms with Crippen molar-refractivity contribution in [2.75, 3.05) is 0 Å². The summed E-state index contributed by atoms with van der Waals surface area (Å²) >= 11 is 0. The summed E-state index contributed by atoms with van der Waals surface area (Å²) in [6.45, 7) is 9.31. The number of hydrogen-bond acceptors (Lipinski definition) is 0. The summed E-state index contributed by atoms with van der Waals surface area (Å²) in [7, 11) is -0.611. The molecule has 0 amide bonds. The Morgan fingerprint density at radius 2 is 0.833 bits per heavy atom. The van der Waals surface area contributed by atoms with Crippen LogP contribution in [0.4, 0.5) is 0 Å². The molecule has 0 radical (unpaired) electrons. The van der Waals surface area contributed by atoms with Crippen LogP contribution in [0.5, 0.6) is 0 Å². The van der Waals surface area contributed by atoms with Gasteiger partial charge in [0.25, 0.3) is 0 Å². The van der Waals surface area contributed by atoms with E-state index in [1.807, 2.05) is 0 Å². The SMILES string of the molecule is C[Si](C)(C)C.[Zn]. The summed E-state index contributed by atoms with van der Waals surface area (Å²) in [5, 5.41) is 0. The molecule has 0 aromatic heterocycles. The van der Waals surface area contributed by atoms with Crippen LogP contribution in [0.1, 0.15) is 0 Å². The predicted molar refractivity (Wildman–Crippen MR) is 29.2 cm³/mol. The van der Waals surface area contributed by atoms with Gasteiger partial charge in [-0.05, 0) is 0 Å². The Morgan fingerprint density at radius 3 is 0.833 bits per heavy atom. The molecule has 0 aromatic rings. The van der Waals surface area contributed by atoms with Crippen LogP contribution in [-0.4, -0.2) is 8.07 Å². The molecule has 2 heteroatoms. The molecule has 0 fully saturated rings. The standard InChI is InChI=1S/C4H12Si.Zn/c1-5(2,3)4;/h1-4H3;. The van der Waals surface area contributed by atoms with Crippen LogP contribution in [0, 0.1) is 0 Å². The fourth-order valence-corrected chi connectivity index (χ4v) is 0. The smallest absolute Gasteiger partial charge is 0.0411 e. The fourth-order valence-electron chi connectivity index (χ4n) is 0. The van der Waals surface area contributed by atoms with Crippen LogP contribution in [-0.2, 0) is 19.5 Å². The number of rotatable bonds is 0. The first-order chi connectivity index (χ1) is 2.00. The van der Waals surface area contributed by atoms with Crippen molar-refractivity contribution >= 4 is 8.07 Å². The summed E-state index contributed by atoms with van der Waals surface area (Å²) < 4.78 is 0. The maximum absolute atomic E-state index is 2.33. The zero-order chi connectivity index (χ0) is 4.50. The normalized spacial score (nSPS) is 10.0. The van der Waals surface area contributed by atoms with E-state index in [0.29, 0.717) is 0 Å². The van der Waals surface area contributed by atoms with Gasteiger partial charge in [-0.25, -0.2) is 0 Å². The van der Waals surface area contributed by atoms with Crippen molar-refractivity contribution in [3.05, 3.63) is 0 Å². The second kappa shape index (κ2) is 2.92. The van der Waals surface area contributed by atoms with Crippen LogP contribution >= 0.6 is 0 Å². The summed E-state index contributed by atoms with van der Waals surface area (Å²) in [6.07, 6.45) is 0. The quantitative estimate of drug-likeness (QED) is 0.467. The van der Waals surface area contributed by atoms with Gasteiger partial charge in [0.1, 0.15) is 0 Å². The van der Waals surface area contributed by atoms with Crippen LogP contribution in [0.2, 0.25) is 26.2 Å². The van der Waals surface area contributed by atoms with Gasteiger partial charge in [0.2, 0.25) is 0 Å². The number of hydrogen-bond donors (Lipinski definition) is 0. The molecule has 0 bridgehead atoms. The van der Waals surface area contributed by atoms with Gasteiger partial charge in [0, 0.05) is 27.6 Å². The maximum atomic E-state index is 2.33. The Kier molecular flexibility index (Phi) is 4.85. The molecule has 0 aromatic carbocycles. The average molecular weight is 154 g/mol. The molecule has 0 heterocycles. The van der Waals surface area contributed by atoms with Gasteiger partial charge in [-0.1, -0.05) is 26.2 Å². The maximum Gasteiger partial charge on any atom is 0.0411 e. The van der Waals surface area contributed by atoms with Crippen molar-refractivity contribution in [3.8, 4) is 0 Å². The summed E-state index contributed by atoms with van der Waals surface area (Å²) in [5.74, 6) is 0. The van der Waals surface area contributed by atoms with E-state index < -0.39 is 8.07 Å². The molecule has 0 aliphatic rings. The molecule has 0 nitrogen and oxygen atoms in total. The molecule has 0 aliphatic carbocycles. The minimum atomic E-state index is -0.611. The topological polar surface area (TPSA) is 0 Å². The second-order valence-corrected chi connectivity index (χ2v) is 9.00. The van der Waals surface area contributed by atoms with Gasteiger partial charge in [0.05, 0.1) is 0 Å². The van der Waals surface area contributed by atoms with E-state index in [2.05, 4.69) is 26.2 Å². The summed E-state index contributed by atoms with van der Waals surface area (Å²) in [4.78, 5) is 0. The monoisotopic (exact) mass is 152 g/mol. The van der Waals surface area contributed by atoms with Crippen molar-refractivity contribution in [1.29, 1.82) is 0 Å². The molecule has 0 spiro atoms. The van der Waals surface area contributed by atoms with Crippen molar-refractivity contribution in [1.82, 2.24) is 0 Å². The van der Waals surface area contributed by atoms with Crippen LogP contribution in [0.25, 0.3) is 0 Å². The van der Waals surface area contributed by atoms with Crippen molar-refractivity contribution < 1.29 is 19.5 Å². The van der Waals surface area contributed by atoms with Crippen molar-refractivity contribution in [3.63, 3.8) is 0 Å². The first-order valence-corrected chi connectivity index (χ1v) is 6.00. The second-order valence-electron chi connectivity index (χ2n) is 3.00. The minimum Gasteiger partial charge on any atom is -0.0697 e. The molecule has 0 aliphatic heterocycles. The van der Waals surface area contributed by atoms with Gasteiger partial charge in [-0.2, -0.15) is 0 Å². The third-order valence-electron chi connectivity index (χ3n) is 0. The predicted octanol–water partition coefficient (Wildman–Crippen LogP) is 1.95. The Bertz CT molecular complexity index is 23.0. The fraction of sp³-hybridized carbons (Fsp3) is 1.00. The molecule has 0 atom stereocenters. The Labute approximate surface area is 54.1 Å². The van der Waals surface area contributed by atoms with Crippen LogP contribution in [0.15, 0.2) is 0 Å². The molecule has 0 saturated carbocycles. The third kappa shape index (κ3) is 101. The zero-order valence-corrected chi connectivity index (χ0v) is 9.17. The van der Waals surface area contributed by atoms with Crippen molar-refractivity contribution in [2.45, 2.75) is 26.2 Å². The zero-order valence-electron chi connectivity index (χ0n) is 5.21. The molecule has 0 saturated heterocycles. The Morgan fingerprint density at radius 1 is 0.833 bits per heavy atom. The first-order valence-electron chi connectivity index (χ1n) is 2.00. The third-order valence-corrected chi connectivity index (χ3v) is 0. The largest absolute Gasteiger partial charge is 0.0697 e. The van der Waals surface area contributed by atoms with Gasteiger partial charge in [0.15, 0.2) is 0 Å². The van der Waals surface area contributed by atoms with E-state index in [1.165, 1.54) is 0 Å². The summed E-state index contributed by atoms with van der Waals surface area (Å²) in [6, 6.07) is 0. The molecular formula is C4H12SiZn. The van der Waals surface area contributed by atoms with Gasteiger partial charge < -0.3 is 0 Å². The molecule has 0 N–H and O–H groups in total. The molecule has 6 heavy (non-hydrogen) atoms. The van der Waals surface area contributed by atoms with Crippen LogP contribution in [0.3, 0.4) is 0 Å². The molecule has 34 valence electrons. The van der Waals surface area contributed by atoms with Gasteiger partial charge in [-0.3, -0.25) is 0 Å². The van der Waals surface area contributed by atoms with Gasteiger partial charge >= 0.3 is 0 Å². The van der Waals surface area contributed by atoms with E-state index in [1.54, 1.807) is 0 Å². The van der Waals surface area contributed by atoms with Gasteiger partial charge in [-0.15, -0.1) is 0 Å². The molecule has 0 unspecified atom stereocenters. The van der Waals surface area contributed by atoms with E-state index >= 15 is 0 Å². The summed E-state index contributed by atoms with van der Waals surface area (Å²) in [5.41, 5.74) is 0. The molecular weight excluding hydrogens is 142 g/mol. The van der Waals surface area contributed by atoms with Crippen molar-refractivity contribution in [2.24, 2.45) is 0 Å². The first kappa shape index (κ1) is 9.96. The van der Waals surface area contributed by atoms with E-state index in [4.69, 9.17) is 0 Å². The van der Waals surface area contributed by atoms with E-state index in [0.717, 1.165) is 0 Å². The average Bonchev–Trinajstić information content (AvgIpc) is 0.722. The Hall–Kier alpha value is 0.840. The molecule has 0 rings (SSSR count). The van der Waals surface area contributed by atoms with E-state index in [9.17, 15) is 0 Å². The van der Waals surface area contributed by atoms with Crippen LogP contribution < -0.4 is 0 Å². The Balaban J connectivity index is 0. The van der Waals surface area contributed by atoms with E-state index in [-0.39, 0.29) is 19.5 Å². The minimum absolute atomic E-state index is 0.